The number of rotatable bonds is 5. The summed E-state index contributed by atoms with van der Waals surface area (Å²) >= 11 is 0. The number of likely N-dealkylation sites (tertiary alicyclic amines) is 1. The maximum atomic E-state index is 14.0. The number of aliphatic hydroxyl groups excluding tert-OH is 1. The van der Waals surface area contributed by atoms with Crippen molar-refractivity contribution in [2.75, 3.05) is 32.9 Å². The van der Waals surface area contributed by atoms with E-state index in [9.17, 15) is 24.2 Å². The third-order valence-corrected chi connectivity index (χ3v) is 5.98. The molecule has 1 aromatic carbocycles. The van der Waals surface area contributed by atoms with Crippen LogP contribution in [0.1, 0.15) is 43.5 Å². The Bertz CT molecular complexity index is 796. The zero-order valence-electron chi connectivity index (χ0n) is 17.3. The number of piperidine rings is 1. The summed E-state index contributed by atoms with van der Waals surface area (Å²) in [4.78, 5) is 26.4. The second kappa shape index (κ2) is 8.87. The van der Waals surface area contributed by atoms with Crippen molar-refractivity contribution in [3.8, 4) is 5.75 Å². The summed E-state index contributed by atoms with van der Waals surface area (Å²) in [5.74, 6) is -1.64. The van der Waals surface area contributed by atoms with E-state index in [1.165, 1.54) is 11.0 Å². The number of nitrogens with one attached hydrogen (secondary N) is 1. The van der Waals surface area contributed by atoms with Gasteiger partial charge in [-0.15, -0.1) is 0 Å². The van der Waals surface area contributed by atoms with Crippen LogP contribution in [0.3, 0.4) is 0 Å². The van der Waals surface area contributed by atoms with E-state index in [0.717, 1.165) is 12.1 Å². The SMILES string of the molecule is CCOCC(=O)N[C@@]1(C)CC2(CCN(C(=O)c3cc(O)ccc3F)CC2)OC[C@@H]1O. The number of halogens is 1. The van der Waals surface area contributed by atoms with Crippen LogP contribution in [0.25, 0.3) is 0 Å². The smallest absolute Gasteiger partial charge is 0.256 e. The molecule has 2 aliphatic rings. The Morgan fingerprint density at radius 1 is 1.37 bits per heavy atom. The van der Waals surface area contributed by atoms with E-state index in [-0.39, 0.29) is 30.4 Å². The second-order valence-corrected chi connectivity index (χ2v) is 8.25. The molecule has 2 heterocycles. The maximum Gasteiger partial charge on any atom is 0.256 e. The normalized spacial score (nSPS) is 25.9. The highest BCUT2D eigenvalue weighted by Gasteiger charge is 2.50. The Morgan fingerprint density at radius 2 is 2.07 bits per heavy atom. The second-order valence-electron chi connectivity index (χ2n) is 8.25. The molecule has 166 valence electrons. The molecule has 3 N–H and O–H groups in total. The zero-order valence-corrected chi connectivity index (χ0v) is 17.3. The third-order valence-electron chi connectivity index (χ3n) is 5.98. The first-order valence-corrected chi connectivity index (χ1v) is 10.2. The lowest BCUT2D eigenvalue weighted by Crippen LogP contribution is -2.66. The van der Waals surface area contributed by atoms with Crippen LogP contribution in [0, 0.1) is 5.82 Å². The number of benzene rings is 1. The summed E-state index contributed by atoms with van der Waals surface area (Å²) < 4.78 is 25.1. The minimum absolute atomic E-state index is 0.0700. The van der Waals surface area contributed by atoms with Crippen molar-refractivity contribution in [2.45, 2.75) is 50.4 Å². The topological polar surface area (TPSA) is 108 Å². The highest BCUT2D eigenvalue weighted by Crippen LogP contribution is 2.40. The number of aromatic hydroxyl groups is 1. The lowest BCUT2D eigenvalue weighted by molar-refractivity contribution is -0.180. The van der Waals surface area contributed by atoms with Crippen LogP contribution in [0.5, 0.6) is 5.75 Å². The van der Waals surface area contributed by atoms with Crippen LogP contribution >= 0.6 is 0 Å². The van der Waals surface area contributed by atoms with Crippen molar-refractivity contribution in [1.29, 1.82) is 0 Å². The molecule has 3 rings (SSSR count). The quantitative estimate of drug-likeness (QED) is 0.656. The number of phenols is 1. The first-order valence-electron chi connectivity index (χ1n) is 10.2. The van der Waals surface area contributed by atoms with Gasteiger partial charge < -0.3 is 29.9 Å². The molecule has 1 spiro atoms. The van der Waals surface area contributed by atoms with Crippen LogP contribution in [0.2, 0.25) is 0 Å². The fourth-order valence-electron chi connectivity index (χ4n) is 4.24. The van der Waals surface area contributed by atoms with Crippen LogP contribution < -0.4 is 5.32 Å². The highest BCUT2D eigenvalue weighted by atomic mass is 19.1. The van der Waals surface area contributed by atoms with E-state index < -0.39 is 29.0 Å². The van der Waals surface area contributed by atoms with Gasteiger partial charge in [-0.25, -0.2) is 4.39 Å². The molecule has 1 aromatic rings. The van der Waals surface area contributed by atoms with E-state index in [0.29, 0.717) is 39.0 Å². The van der Waals surface area contributed by atoms with Crippen molar-refractivity contribution >= 4 is 11.8 Å². The number of nitrogens with zero attached hydrogens (tertiary/aromatic N) is 1. The molecule has 2 saturated heterocycles. The highest BCUT2D eigenvalue weighted by molar-refractivity contribution is 5.95. The minimum atomic E-state index is -0.879. The molecule has 2 fully saturated rings. The van der Waals surface area contributed by atoms with E-state index in [1.54, 1.807) is 13.8 Å². The number of hydrogen-bond donors (Lipinski definition) is 3. The summed E-state index contributed by atoms with van der Waals surface area (Å²) in [5.41, 5.74) is -1.64. The lowest BCUT2D eigenvalue weighted by atomic mass is 9.74. The van der Waals surface area contributed by atoms with Crippen LogP contribution in [-0.2, 0) is 14.3 Å². The largest absolute Gasteiger partial charge is 0.508 e. The van der Waals surface area contributed by atoms with E-state index in [1.807, 2.05) is 0 Å². The van der Waals surface area contributed by atoms with Crippen LogP contribution in [-0.4, -0.2) is 77.1 Å². The number of carbonyl (C=O) groups is 2. The monoisotopic (exact) mass is 424 g/mol. The van der Waals surface area contributed by atoms with Crippen molar-refractivity contribution in [2.24, 2.45) is 0 Å². The lowest BCUT2D eigenvalue weighted by Gasteiger charge is -2.52. The van der Waals surface area contributed by atoms with Gasteiger partial charge in [0, 0.05) is 26.1 Å². The average Bonchev–Trinajstić information content (AvgIpc) is 2.71. The van der Waals surface area contributed by atoms with Gasteiger partial charge in [0.2, 0.25) is 5.91 Å². The molecule has 2 aliphatic heterocycles. The molecule has 2 atom stereocenters. The van der Waals surface area contributed by atoms with E-state index in [2.05, 4.69) is 5.32 Å². The van der Waals surface area contributed by atoms with Gasteiger partial charge in [-0.1, -0.05) is 0 Å². The van der Waals surface area contributed by atoms with Gasteiger partial charge in [-0.3, -0.25) is 9.59 Å². The van der Waals surface area contributed by atoms with Gasteiger partial charge >= 0.3 is 0 Å². The molecule has 0 unspecified atom stereocenters. The summed E-state index contributed by atoms with van der Waals surface area (Å²) in [6, 6.07) is 3.38. The molecule has 0 radical (unpaired) electrons. The van der Waals surface area contributed by atoms with Gasteiger partial charge in [0.15, 0.2) is 0 Å². The van der Waals surface area contributed by atoms with Crippen LogP contribution in [0.4, 0.5) is 4.39 Å². The Morgan fingerprint density at radius 3 is 2.73 bits per heavy atom. The molecular formula is C21H29FN2O6. The first kappa shape index (κ1) is 22.5. The molecule has 0 saturated carbocycles. The molecule has 2 amide bonds. The van der Waals surface area contributed by atoms with E-state index in [4.69, 9.17) is 9.47 Å². The predicted molar refractivity (Wildman–Crippen MR) is 106 cm³/mol. The summed E-state index contributed by atoms with van der Waals surface area (Å²) in [5, 5.41) is 22.9. The Hall–Kier alpha value is -2.23. The standard InChI is InChI=1S/C21H29FN2O6/c1-3-29-12-18(27)23-20(2)13-21(30-11-17(20)26)6-8-24(9-7-21)19(28)15-10-14(25)4-5-16(15)22/h4-5,10,17,25-26H,3,6-9,11-13H2,1-2H3,(H,23,27)/t17-,20-/m0/s1. The Balaban J connectivity index is 1.65. The van der Waals surface area contributed by atoms with Crippen molar-refractivity contribution < 1.29 is 33.7 Å². The minimum Gasteiger partial charge on any atom is -0.508 e. The molecule has 8 nitrogen and oxygen atoms in total. The fraction of sp³-hybridized carbons (Fsp3) is 0.619. The zero-order chi connectivity index (χ0) is 21.9. The molecule has 30 heavy (non-hydrogen) atoms. The summed E-state index contributed by atoms with van der Waals surface area (Å²) in [6.07, 6.45) is 0.502. The van der Waals surface area contributed by atoms with Crippen molar-refractivity contribution in [3.05, 3.63) is 29.6 Å². The number of amides is 2. The van der Waals surface area contributed by atoms with Gasteiger partial charge in [0.05, 0.1) is 23.3 Å². The number of hydrogen-bond acceptors (Lipinski definition) is 6. The van der Waals surface area contributed by atoms with Crippen molar-refractivity contribution in [3.63, 3.8) is 0 Å². The van der Waals surface area contributed by atoms with Gasteiger partial charge in [-0.05, 0) is 44.9 Å². The number of phenolic OH excluding ortho intramolecular Hbond substituents is 1. The molecular weight excluding hydrogens is 395 g/mol. The maximum absolute atomic E-state index is 14.0. The molecule has 0 aliphatic carbocycles. The summed E-state index contributed by atoms with van der Waals surface area (Å²) in [7, 11) is 0. The van der Waals surface area contributed by atoms with Gasteiger partial charge in [-0.2, -0.15) is 0 Å². The van der Waals surface area contributed by atoms with E-state index >= 15 is 0 Å². The van der Waals surface area contributed by atoms with Crippen molar-refractivity contribution in [1.82, 2.24) is 10.2 Å². The molecule has 0 aromatic heterocycles. The van der Waals surface area contributed by atoms with Crippen LogP contribution in [0.15, 0.2) is 18.2 Å². The predicted octanol–water partition coefficient (Wildman–Crippen LogP) is 1.20. The number of aliphatic hydroxyl groups is 1. The van der Waals surface area contributed by atoms with Gasteiger partial charge in [0.25, 0.3) is 5.91 Å². The Labute approximate surface area is 175 Å². The number of ether oxygens (including phenoxy) is 2. The fourth-order valence-corrected chi connectivity index (χ4v) is 4.24. The Kier molecular flexibility index (Phi) is 6.64. The average molecular weight is 424 g/mol. The number of carbonyl (C=O) groups excluding carboxylic acids is 2. The first-order chi connectivity index (χ1) is 14.2. The summed E-state index contributed by atoms with van der Waals surface area (Å²) in [6.45, 7) is 4.67. The molecule has 9 heteroatoms. The third kappa shape index (κ3) is 4.74. The van der Waals surface area contributed by atoms with Gasteiger partial charge in [0.1, 0.15) is 24.3 Å². The molecule has 0 bridgehead atoms.